The van der Waals surface area contributed by atoms with Crippen LogP contribution >= 0.6 is 0 Å². The molecule has 0 aliphatic heterocycles. The Morgan fingerprint density at radius 3 is 2.36 bits per heavy atom. The van der Waals surface area contributed by atoms with Crippen LogP contribution in [0.2, 0.25) is 0 Å². The van der Waals surface area contributed by atoms with Crippen molar-refractivity contribution in [1.82, 2.24) is 0 Å². The summed E-state index contributed by atoms with van der Waals surface area (Å²) in [6.45, 7) is 4.04. The Balaban J connectivity index is 3.91. The first kappa shape index (κ1) is 14.3. The molecule has 0 radical (unpaired) electrons. The molecule has 0 saturated carbocycles. The molecule has 0 bridgehead atoms. The van der Waals surface area contributed by atoms with Gasteiger partial charge in [-0.1, -0.05) is 0 Å². The Hall–Kier alpha value is 0.269. The van der Waals surface area contributed by atoms with E-state index in [-0.39, 0.29) is 16.6 Å². The van der Waals surface area contributed by atoms with Crippen LogP contribution in [0.3, 0.4) is 0 Å². The average Bonchev–Trinajstić information content (AvgIpc) is 2.16. The zero-order valence-electron chi connectivity index (χ0n) is 9.15. The van der Waals surface area contributed by atoms with Gasteiger partial charge in [0.1, 0.15) is 0 Å². The van der Waals surface area contributed by atoms with E-state index in [9.17, 15) is 7.61 Å². The first-order valence-corrected chi connectivity index (χ1v) is 7.94. The number of rotatable bonds is 8. The van der Waals surface area contributed by atoms with Crippen LogP contribution in [-0.2, 0) is 28.5 Å². The molecule has 0 spiro atoms. The first-order chi connectivity index (χ1) is 6.55. The van der Waals surface area contributed by atoms with Gasteiger partial charge in [0.05, 0.1) is 0 Å². The second-order valence-electron chi connectivity index (χ2n) is 3.20. The summed E-state index contributed by atoms with van der Waals surface area (Å²) in [6, 6.07) is 0. The van der Waals surface area contributed by atoms with Crippen molar-refractivity contribution in [2.24, 2.45) is 0 Å². The molecule has 0 aromatic heterocycles. The summed E-state index contributed by atoms with van der Waals surface area (Å²) in [5, 5.41) is 0. The van der Waals surface area contributed by atoms with Gasteiger partial charge in [-0.15, -0.1) is 0 Å². The zero-order chi connectivity index (χ0) is 11.0. The normalized spacial score (nSPS) is 14.4. The molecule has 0 aliphatic rings. The van der Waals surface area contributed by atoms with Crippen LogP contribution in [0.15, 0.2) is 0 Å². The van der Waals surface area contributed by atoms with Gasteiger partial charge in [0.25, 0.3) is 0 Å². The van der Waals surface area contributed by atoms with E-state index in [1.54, 1.807) is 0 Å². The van der Waals surface area contributed by atoms with Gasteiger partial charge in [0, 0.05) is 0 Å². The van der Waals surface area contributed by atoms with Crippen LogP contribution in [0.25, 0.3) is 0 Å². The maximum absolute atomic E-state index is 11.1. The molecule has 0 N–H and O–H groups in total. The van der Waals surface area contributed by atoms with E-state index in [0.717, 1.165) is 32.1 Å². The molecule has 0 rings (SSSR count). The summed E-state index contributed by atoms with van der Waals surface area (Å²) in [7, 11) is 0.180. The first-order valence-electron chi connectivity index (χ1n) is 5.04. The van der Waals surface area contributed by atoms with E-state index in [1.807, 2.05) is 6.92 Å². The Kier molecular flexibility index (Phi) is 7.69. The van der Waals surface area contributed by atoms with Crippen LogP contribution in [0.5, 0.6) is 0 Å². The molecule has 0 aromatic rings. The molecule has 0 amide bonds. The van der Waals surface area contributed by atoms with Gasteiger partial charge in [0.15, 0.2) is 0 Å². The van der Waals surface area contributed by atoms with Crippen LogP contribution < -0.4 is 0 Å². The van der Waals surface area contributed by atoms with Crippen LogP contribution in [0.4, 0.5) is 0 Å². The molecule has 0 saturated heterocycles. The van der Waals surface area contributed by atoms with Gasteiger partial charge < -0.3 is 0 Å². The van der Waals surface area contributed by atoms with E-state index in [1.165, 1.54) is 0 Å². The van der Waals surface area contributed by atoms with Crippen molar-refractivity contribution in [1.29, 1.82) is 0 Å². The van der Waals surface area contributed by atoms with Gasteiger partial charge in [-0.25, -0.2) is 0 Å². The fourth-order valence-electron chi connectivity index (χ4n) is 1.15. The van der Waals surface area contributed by atoms with E-state index in [0.29, 0.717) is 0 Å². The minimum atomic E-state index is -4.43. The molecule has 6 heteroatoms. The fourth-order valence-corrected chi connectivity index (χ4v) is 2.48. The van der Waals surface area contributed by atoms with Crippen molar-refractivity contribution >= 4 is 10.5 Å². The Morgan fingerprint density at radius 1 is 1.29 bits per heavy atom. The molecule has 0 fully saturated rings. The number of hydrogen-bond acceptors (Lipinski definition) is 4. The second kappa shape index (κ2) is 7.55. The summed E-state index contributed by atoms with van der Waals surface area (Å²) in [5.41, 5.74) is 0. The Bertz CT molecular complexity index is 227. The molecule has 1 atom stereocenters. The quantitative estimate of drug-likeness (QED) is 0.488. The van der Waals surface area contributed by atoms with Crippen molar-refractivity contribution in [3.05, 3.63) is 0 Å². The van der Waals surface area contributed by atoms with Gasteiger partial charge in [0.2, 0.25) is 0 Å². The molecule has 4 nitrogen and oxygen atoms in total. The molecule has 0 aromatic carbocycles. The van der Waals surface area contributed by atoms with Gasteiger partial charge in [-0.2, -0.15) is 0 Å². The summed E-state index contributed by atoms with van der Waals surface area (Å²) in [5.74, 6) is 0. The fraction of sp³-hybridized carbons (Fsp3) is 1.00. The predicted octanol–water partition coefficient (Wildman–Crippen LogP) is 1.33. The maximum atomic E-state index is 11.1. The molecule has 0 heterocycles. The molecular formula is C8H20CrO4Si. The SMILES string of the molecule is CCCCCC(CC)[O][Cr](=[O])(=[O])[O][SiH3]. The van der Waals surface area contributed by atoms with E-state index < -0.39 is 13.6 Å². The third kappa shape index (κ3) is 6.68. The third-order valence-electron chi connectivity index (χ3n) is 2.04. The summed E-state index contributed by atoms with van der Waals surface area (Å²) >= 11 is -4.43. The monoisotopic (exact) mass is 260 g/mol. The molecule has 14 heavy (non-hydrogen) atoms. The molecule has 86 valence electrons. The Morgan fingerprint density at radius 2 is 1.93 bits per heavy atom. The van der Waals surface area contributed by atoms with Gasteiger partial charge in [-0.3, -0.25) is 0 Å². The predicted molar refractivity (Wildman–Crippen MR) is 51.7 cm³/mol. The van der Waals surface area contributed by atoms with Crippen LogP contribution in [0, 0.1) is 0 Å². The van der Waals surface area contributed by atoms with Crippen LogP contribution in [-0.4, -0.2) is 16.6 Å². The standard InChI is InChI=1S/C8H17O.Cr.H3OSi.2O/c1-3-5-6-7-8(9)4-2;;1-2;;/h8H,3-7H2,1-2H3;;2H3;;/q-1;+2;-1;;. The van der Waals surface area contributed by atoms with Crippen molar-refractivity contribution in [3.63, 3.8) is 0 Å². The van der Waals surface area contributed by atoms with Crippen molar-refractivity contribution in [3.8, 4) is 0 Å². The molecule has 1 unspecified atom stereocenters. The topological polar surface area (TPSA) is 52.6 Å². The van der Waals surface area contributed by atoms with Crippen molar-refractivity contribution < 1.29 is 28.5 Å². The van der Waals surface area contributed by atoms with Gasteiger partial charge >= 0.3 is 91.0 Å². The number of hydrogen-bond donors (Lipinski definition) is 0. The average molecular weight is 260 g/mol. The summed E-state index contributed by atoms with van der Waals surface area (Å²) < 4.78 is 31.5. The zero-order valence-corrected chi connectivity index (χ0v) is 12.4. The minimum absolute atomic E-state index is 0.180. The van der Waals surface area contributed by atoms with E-state index in [4.69, 9.17) is 3.79 Å². The summed E-state index contributed by atoms with van der Waals surface area (Å²) in [6.07, 6.45) is 4.61. The molecule has 0 aliphatic carbocycles. The summed E-state index contributed by atoms with van der Waals surface area (Å²) in [4.78, 5) is 0. The number of unbranched alkanes of at least 4 members (excludes halogenated alkanes) is 2. The third-order valence-corrected chi connectivity index (χ3v) is 5.16. The van der Waals surface area contributed by atoms with E-state index in [2.05, 4.69) is 10.4 Å². The van der Waals surface area contributed by atoms with Crippen molar-refractivity contribution in [2.45, 2.75) is 52.1 Å². The van der Waals surface area contributed by atoms with Crippen molar-refractivity contribution in [2.75, 3.05) is 0 Å². The second-order valence-corrected chi connectivity index (χ2v) is 6.67. The Labute approximate surface area is 91.3 Å². The van der Waals surface area contributed by atoms with E-state index >= 15 is 0 Å². The van der Waals surface area contributed by atoms with Gasteiger partial charge in [-0.05, 0) is 0 Å². The molecular weight excluding hydrogens is 240 g/mol. The van der Waals surface area contributed by atoms with Crippen LogP contribution in [0.1, 0.15) is 46.0 Å².